The Morgan fingerprint density at radius 2 is 2.00 bits per heavy atom. The number of nitrogens with one attached hydrogen (secondary N) is 1. The number of hydrogen-bond acceptors (Lipinski definition) is 3. The minimum absolute atomic E-state index is 0.0422. The fourth-order valence-corrected chi connectivity index (χ4v) is 3.40. The highest BCUT2D eigenvalue weighted by molar-refractivity contribution is 5.85. The second kappa shape index (κ2) is 6.57. The molecule has 0 spiro atoms. The number of hydrogen-bond donors (Lipinski definition) is 2. The lowest BCUT2D eigenvalue weighted by Gasteiger charge is -2.33. The van der Waals surface area contributed by atoms with Crippen LogP contribution in [0.4, 0.5) is 0 Å². The van der Waals surface area contributed by atoms with Gasteiger partial charge in [-0.25, -0.2) is 0 Å². The van der Waals surface area contributed by atoms with Gasteiger partial charge in [0, 0.05) is 13.0 Å². The Morgan fingerprint density at radius 3 is 2.55 bits per heavy atom. The van der Waals surface area contributed by atoms with Crippen molar-refractivity contribution in [3.05, 3.63) is 0 Å². The molecule has 0 bridgehead atoms. The van der Waals surface area contributed by atoms with Gasteiger partial charge in [0.25, 0.3) is 0 Å². The molecule has 5 nitrogen and oxygen atoms in total. The van der Waals surface area contributed by atoms with Crippen LogP contribution in [0.1, 0.15) is 58.3 Å². The van der Waals surface area contributed by atoms with E-state index in [1.165, 1.54) is 0 Å². The predicted octanol–water partition coefficient (Wildman–Crippen LogP) is 2.10. The van der Waals surface area contributed by atoms with Gasteiger partial charge in [0.05, 0.1) is 17.6 Å². The maximum absolute atomic E-state index is 12.2. The van der Waals surface area contributed by atoms with Crippen LogP contribution >= 0.6 is 0 Å². The minimum atomic E-state index is -0.849. The molecule has 2 unspecified atom stereocenters. The van der Waals surface area contributed by atoms with Gasteiger partial charge < -0.3 is 15.2 Å². The molecule has 2 rings (SSSR count). The van der Waals surface area contributed by atoms with Crippen LogP contribution in [0.15, 0.2) is 0 Å². The summed E-state index contributed by atoms with van der Waals surface area (Å²) in [5.74, 6) is -0.977. The minimum Gasteiger partial charge on any atom is -0.481 e. The van der Waals surface area contributed by atoms with Crippen LogP contribution in [0.2, 0.25) is 0 Å². The van der Waals surface area contributed by atoms with Crippen LogP contribution in [-0.4, -0.2) is 35.7 Å². The highest BCUT2D eigenvalue weighted by atomic mass is 16.5. The highest BCUT2D eigenvalue weighted by Gasteiger charge is 2.41. The Labute approximate surface area is 120 Å². The third kappa shape index (κ3) is 3.51. The summed E-state index contributed by atoms with van der Waals surface area (Å²) < 4.78 is 5.55. The number of carboxylic acid groups (broad SMARTS) is 1. The Hall–Kier alpha value is -1.10. The largest absolute Gasteiger partial charge is 0.481 e. The van der Waals surface area contributed by atoms with Gasteiger partial charge in [-0.2, -0.15) is 0 Å². The molecule has 2 N–H and O–H groups in total. The standard InChI is InChI=1S/C15H25NO4/c1-11(12-6-5-9-20-12)16-13(17)10-15(14(18)19)7-3-2-4-8-15/h11-12H,2-10H2,1H3,(H,16,17)(H,18,19). The first-order valence-corrected chi connectivity index (χ1v) is 7.68. The normalized spacial score (nSPS) is 26.9. The summed E-state index contributed by atoms with van der Waals surface area (Å²) in [6.45, 7) is 2.69. The summed E-state index contributed by atoms with van der Waals surface area (Å²) in [6.07, 6.45) is 6.28. The van der Waals surface area contributed by atoms with Crippen molar-refractivity contribution in [2.24, 2.45) is 5.41 Å². The maximum Gasteiger partial charge on any atom is 0.310 e. The van der Waals surface area contributed by atoms with Gasteiger partial charge in [-0.15, -0.1) is 0 Å². The molecular weight excluding hydrogens is 258 g/mol. The molecule has 20 heavy (non-hydrogen) atoms. The van der Waals surface area contributed by atoms with Gasteiger partial charge in [-0.1, -0.05) is 19.3 Å². The second-order valence-electron chi connectivity index (χ2n) is 6.23. The Morgan fingerprint density at radius 1 is 1.30 bits per heavy atom. The summed E-state index contributed by atoms with van der Waals surface area (Å²) in [5.41, 5.74) is -0.849. The number of aliphatic carboxylic acids is 1. The summed E-state index contributed by atoms with van der Waals surface area (Å²) in [7, 11) is 0. The molecule has 2 fully saturated rings. The number of carboxylic acids is 1. The molecule has 0 aromatic carbocycles. The first kappa shape index (κ1) is 15.3. The third-order valence-electron chi connectivity index (χ3n) is 4.67. The molecular formula is C15H25NO4. The lowest BCUT2D eigenvalue weighted by atomic mass is 9.71. The lowest BCUT2D eigenvalue weighted by Crippen LogP contribution is -2.45. The van der Waals surface area contributed by atoms with E-state index in [-0.39, 0.29) is 24.5 Å². The molecule has 1 saturated carbocycles. The van der Waals surface area contributed by atoms with Crippen LogP contribution in [0.5, 0.6) is 0 Å². The zero-order valence-corrected chi connectivity index (χ0v) is 12.2. The van der Waals surface area contributed by atoms with Crippen molar-refractivity contribution in [3.63, 3.8) is 0 Å². The number of carbonyl (C=O) groups excluding carboxylic acids is 1. The van der Waals surface area contributed by atoms with E-state index in [4.69, 9.17) is 4.74 Å². The van der Waals surface area contributed by atoms with E-state index >= 15 is 0 Å². The van der Waals surface area contributed by atoms with E-state index in [0.717, 1.165) is 38.7 Å². The van der Waals surface area contributed by atoms with Crippen molar-refractivity contribution in [2.45, 2.75) is 70.4 Å². The molecule has 1 heterocycles. The SMILES string of the molecule is CC(NC(=O)CC1(C(=O)O)CCCCC1)C1CCCO1. The molecule has 114 valence electrons. The quantitative estimate of drug-likeness (QED) is 0.810. The highest BCUT2D eigenvalue weighted by Crippen LogP contribution is 2.39. The Bertz CT molecular complexity index is 357. The van der Waals surface area contributed by atoms with Crippen molar-refractivity contribution in [1.29, 1.82) is 0 Å². The molecule has 2 atom stereocenters. The maximum atomic E-state index is 12.2. The van der Waals surface area contributed by atoms with Crippen LogP contribution in [0.3, 0.4) is 0 Å². The first-order valence-electron chi connectivity index (χ1n) is 7.68. The number of rotatable bonds is 5. The van der Waals surface area contributed by atoms with Crippen LogP contribution in [-0.2, 0) is 14.3 Å². The van der Waals surface area contributed by atoms with E-state index in [2.05, 4.69) is 5.32 Å². The number of amides is 1. The van der Waals surface area contributed by atoms with Gasteiger partial charge >= 0.3 is 5.97 Å². The topological polar surface area (TPSA) is 75.6 Å². The summed E-state index contributed by atoms with van der Waals surface area (Å²) >= 11 is 0. The zero-order chi connectivity index (χ0) is 14.6. The number of carbonyl (C=O) groups is 2. The van der Waals surface area contributed by atoms with E-state index < -0.39 is 11.4 Å². The monoisotopic (exact) mass is 283 g/mol. The molecule has 1 aliphatic carbocycles. The first-order chi connectivity index (χ1) is 9.53. The van der Waals surface area contributed by atoms with Gasteiger partial charge in [-0.3, -0.25) is 9.59 Å². The molecule has 1 saturated heterocycles. The average molecular weight is 283 g/mol. The molecule has 0 aromatic heterocycles. The Balaban J connectivity index is 1.89. The summed E-state index contributed by atoms with van der Waals surface area (Å²) in [4.78, 5) is 23.7. The molecule has 2 aliphatic rings. The fourth-order valence-electron chi connectivity index (χ4n) is 3.40. The molecule has 1 amide bonds. The van der Waals surface area contributed by atoms with Gasteiger partial charge in [-0.05, 0) is 32.6 Å². The van der Waals surface area contributed by atoms with E-state index in [1.807, 2.05) is 6.92 Å². The summed E-state index contributed by atoms with van der Waals surface area (Å²) in [5, 5.41) is 12.4. The number of ether oxygens (including phenoxy) is 1. The molecule has 0 aromatic rings. The fraction of sp³-hybridized carbons (Fsp3) is 0.867. The molecule has 0 radical (unpaired) electrons. The van der Waals surface area contributed by atoms with Gasteiger partial charge in [0.15, 0.2) is 0 Å². The smallest absolute Gasteiger partial charge is 0.310 e. The van der Waals surface area contributed by atoms with Crippen LogP contribution in [0.25, 0.3) is 0 Å². The predicted molar refractivity (Wildman–Crippen MR) is 74.3 cm³/mol. The van der Waals surface area contributed by atoms with E-state index in [9.17, 15) is 14.7 Å². The summed E-state index contributed by atoms with van der Waals surface area (Å²) in [6, 6.07) is -0.0422. The van der Waals surface area contributed by atoms with Crippen LogP contribution in [0, 0.1) is 5.41 Å². The second-order valence-corrected chi connectivity index (χ2v) is 6.23. The van der Waals surface area contributed by atoms with E-state index in [0.29, 0.717) is 12.8 Å². The van der Waals surface area contributed by atoms with Gasteiger partial charge in [0.1, 0.15) is 0 Å². The molecule has 5 heteroatoms. The Kier molecular flexibility index (Phi) is 5.02. The van der Waals surface area contributed by atoms with Crippen molar-refractivity contribution >= 4 is 11.9 Å². The van der Waals surface area contributed by atoms with Crippen molar-refractivity contribution in [3.8, 4) is 0 Å². The van der Waals surface area contributed by atoms with Gasteiger partial charge in [0.2, 0.25) is 5.91 Å². The molecule has 1 aliphatic heterocycles. The van der Waals surface area contributed by atoms with Crippen LogP contribution < -0.4 is 5.32 Å². The van der Waals surface area contributed by atoms with Crippen molar-refractivity contribution < 1.29 is 19.4 Å². The third-order valence-corrected chi connectivity index (χ3v) is 4.67. The van der Waals surface area contributed by atoms with E-state index in [1.54, 1.807) is 0 Å². The average Bonchev–Trinajstić information content (AvgIpc) is 2.93. The van der Waals surface area contributed by atoms with Crippen molar-refractivity contribution in [1.82, 2.24) is 5.32 Å². The van der Waals surface area contributed by atoms with Crippen molar-refractivity contribution in [2.75, 3.05) is 6.61 Å². The lowest BCUT2D eigenvalue weighted by molar-refractivity contribution is -0.154. The zero-order valence-electron chi connectivity index (χ0n) is 12.2.